The molecule has 0 aliphatic carbocycles. The van der Waals surface area contributed by atoms with Gasteiger partial charge in [-0.25, -0.2) is 9.97 Å². The first kappa shape index (κ1) is 12.2. The van der Waals surface area contributed by atoms with Crippen LogP contribution in [0.5, 0.6) is 0 Å². The van der Waals surface area contributed by atoms with Crippen molar-refractivity contribution < 1.29 is 0 Å². The minimum atomic E-state index is -0.0496. The lowest BCUT2D eigenvalue weighted by Gasteiger charge is -2.29. The number of likely N-dealkylation sites (N-methyl/N-ethyl adjacent to an activating group) is 1. The third kappa shape index (κ3) is 4.44. The van der Waals surface area contributed by atoms with Crippen molar-refractivity contribution in [2.45, 2.75) is 19.4 Å². The molecule has 0 spiro atoms. The Bertz CT molecular complexity index is 308. The number of hydrogen-bond donors (Lipinski definition) is 1. The van der Waals surface area contributed by atoms with Crippen LogP contribution >= 0.6 is 11.6 Å². The van der Waals surface area contributed by atoms with E-state index >= 15 is 0 Å². The Labute approximate surface area is 95.7 Å². The van der Waals surface area contributed by atoms with Gasteiger partial charge in [0.1, 0.15) is 11.0 Å². The number of aromatic nitrogens is 2. The van der Waals surface area contributed by atoms with E-state index in [1.807, 2.05) is 14.1 Å². The van der Waals surface area contributed by atoms with E-state index in [1.54, 1.807) is 6.20 Å². The molecule has 1 aromatic heterocycles. The van der Waals surface area contributed by atoms with Crippen molar-refractivity contribution in [1.82, 2.24) is 14.9 Å². The third-order valence-electron chi connectivity index (χ3n) is 1.80. The second kappa shape index (κ2) is 4.77. The monoisotopic (exact) mass is 228 g/mol. The third-order valence-corrected chi connectivity index (χ3v) is 1.99. The highest BCUT2D eigenvalue weighted by atomic mass is 35.5. The second-order valence-corrected chi connectivity index (χ2v) is 4.86. The maximum Gasteiger partial charge on any atom is 0.147 e. The average Bonchev–Trinajstić information content (AvgIpc) is 2.06. The highest BCUT2D eigenvalue weighted by Gasteiger charge is 2.18. The molecule has 0 fully saturated rings. The molecule has 0 radical (unpaired) electrons. The van der Waals surface area contributed by atoms with Crippen molar-refractivity contribution in [2.24, 2.45) is 0 Å². The molecule has 0 amide bonds. The summed E-state index contributed by atoms with van der Waals surface area (Å²) in [5, 5.41) is 3.71. The SMILES string of the molecule is CN(C)CC(C)(C)Nc1cnc(Cl)cn1. The maximum absolute atomic E-state index is 5.66. The molecule has 1 heterocycles. The first-order valence-corrected chi connectivity index (χ1v) is 5.17. The van der Waals surface area contributed by atoms with Gasteiger partial charge in [-0.2, -0.15) is 0 Å². The van der Waals surface area contributed by atoms with E-state index in [2.05, 4.69) is 34.0 Å². The Hall–Kier alpha value is -0.870. The molecule has 0 saturated heterocycles. The van der Waals surface area contributed by atoms with Crippen LogP contribution < -0.4 is 5.32 Å². The van der Waals surface area contributed by atoms with Crippen LogP contribution in [-0.4, -0.2) is 41.0 Å². The van der Waals surface area contributed by atoms with Crippen LogP contribution in [0.15, 0.2) is 12.4 Å². The predicted molar refractivity (Wildman–Crippen MR) is 63.3 cm³/mol. The van der Waals surface area contributed by atoms with Gasteiger partial charge in [-0.05, 0) is 27.9 Å². The molecule has 0 saturated carbocycles. The summed E-state index contributed by atoms with van der Waals surface area (Å²) >= 11 is 5.66. The largest absolute Gasteiger partial charge is 0.363 e. The molecule has 0 aromatic carbocycles. The normalized spacial score (nSPS) is 11.9. The van der Waals surface area contributed by atoms with Gasteiger partial charge < -0.3 is 10.2 Å². The van der Waals surface area contributed by atoms with Crippen molar-refractivity contribution in [3.8, 4) is 0 Å². The van der Waals surface area contributed by atoms with Gasteiger partial charge in [0.2, 0.25) is 0 Å². The fraction of sp³-hybridized carbons (Fsp3) is 0.600. The Morgan fingerprint density at radius 2 is 2.00 bits per heavy atom. The molecule has 1 rings (SSSR count). The molecule has 0 aliphatic heterocycles. The van der Waals surface area contributed by atoms with Gasteiger partial charge in [-0.1, -0.05) is 11.6 Å². The molecule has 1 aromatic rings. The van der Waals surface area contributed by atoms with Crippen molar-refractivity contribution >= 4 is 17.4 Å². The van der Waals surface area contributed by atoms with E-state index in [9.17, 15) is 0 Å². The standard InChI is InChI=1S/C10H17ClN4/c1-10(2,7-15(3)4)14-9-6-12-8(11)5-13-9/h5-6H,7H2,1-4H3,(H,13,14). The van der Waals surface area contributed by atoms with E-state index in [4.69, 9.17) is 11.6 Å². The number of nitrogens with zero attached hydrogens (tertiary/aromatic N) is 3. The molecule has 0 aliphatic rings. The van der Waals surface area contributed by atoms with Gasteiger partial charge in [-0.3, -0.25) is 0 Å². The van der Waals surface area contributed by atoms with Crippen LogP contribution in [0.3, 0.4) is 0 Å². The zero-order valence-electron chi connectivity index (χ0n) is 9.58. The fourth-order valence-corrected chi connectivity index (χ4v) is 1.65. The number of anilines is 1. The fourth-order valence-electron chi connectivity index (χ4n) is 1.55. The van der Waals surface area contributed by atoms with Crippen LogP contribution in [0.1, 0.15) is 13.8 Å². The second-order valence-electron chi connectivity index (χ2n) is 4.47. The summed E-state index contributed by atoms with van der Waals surface area (Å²) in [7, 11) is 4.08. The summed E-state index contributed by atoms with van der Waals surface area (Å²) < 4.78 is 0. The van der Waals surface area contributed by atoms with Crippen LogP contribution in [0.4, 0.5) is 5.82 Å². The van der Waals surface area contributed by atoms with Gasteiger partial charge >= 0.3 is 0 Å². The van der Waals surface area contributed by atoms with E-state index in [-0.39, 0.29) is 5.54 Å². The summed E-state index contributed by atoms with van der Waals surface area (Å²) in [6.07, 6.45) is 3.18. The number of rotatable bonds is 4. The van der Waals surface area contributed by atoms with E-state index < -0.39 is 0 Å². The predicted octanol–water partition coefficient (Wildman–Crippen LogP) is 1.88. The molecule has 1 N–H and O–H groups in total. The van der Waals surface area contributed by atoms with E-state index in [0.29, 0.717) is 5.15 Å². The lowest BCUT2D eigenvalue weighted by molar-refractivity contribution is 0.333. The highest BCUT2D eigenvalue weighted by Crippen LogP contribution is 2.13. The maximum atomic E-state index is 5.66. The first-order chi connectivity index (χ1) is 6.89. The van der Waals surface area contributed by atoms with E-state index in [1.165, 1.54) is 6.20 Å². The molecule has 0 unspecified atom stereocenters. The highest BCUT2D eigenvalue weighted by molar-refractivity contribution is 6.29. The van der Waals surface area contributed by atoms with Crippen LogP contribution in [0.2, 0.25) is 5.15 Å². The Balaban J connectivity index is 2.64. The van der Waals surface area contributed by atoms with Crippen molar-refractivity contribution in [3.63, 3.8) is 0 Å². The summed E-state index contributed by atoms with van der Waals surface area (Å²) in [4.78, 5) is 10.2. The lowest BCUT2D eigenvalue weighted by atomic mass is 10.1. The number of hydrogen-bond acceptors (Lipinski definition) is 4. The Kier molecular flexibility index (Phi) is 3.88. The first-order valence-electron chi connectivity index (χ1n) is 4.79. The van der Waals surface area contributed by atoms with Crippen molar-refractivity contribution in [1.29, 1.82) is 0 Å². The summed E-state index contributed by atoms with van der Waals surface area (Å²) in [5.74, 6) is 0.742. The lowest BCUT2D eigenvalue weighted by Crippen LogP contribution is -2.41. The molecule has 5 heteroatoms. The number of nitrogens with one attached hydrogen (secondary N) is 1. The van der Waals surface area contributed by atoms with Crippen molar-refractivity contribution in [2.75, 3.05) is 26.0 Å². The molecule has 15 heavy (non-hydrogen) atoms. The zero-order chi connectivity index (χ0) is 11.5. The topological polar surface area (TPSA) is 41.0 Å². The van der Waals surface area contributed by atoms with Crippen molar-refractivity contribution in [3.05, 3.63) is 17.5 Å². The summed E-state index contributed by atoms with van der Waals surface area (Å²) in [6, 6.07) is 0. The average molecular weight is 229 g/mol. The molecule has 0 atom stereocenters. The van der Waals surface area contributed by atoms with E-state index in [0.717, 1.165) is 12.4 Å². The Morgan fingerprint density at radius 3 is 2.47 bits per heavy atom. The minimum Gasteiger partial charge on any atom is -0.363 e. The molecular formula is C10H17ClN4. The Morgan fingerprint density at radius 1 is 1.33 bits per heavy atom. The van der Waals surface area contributed by atoms with Crippen LogP contribution in [0, 0.1) is 0 Å². The van der Waals surface area contributed by atoms with Gasteiger partial charge in [0.15, 0.2) is 0 Å². The molecular weight excluding hydrogens is 212 g/mol. The van der Waals surface area contributed by atoms with Crippen LogP contribution in [-0.2, 0) is 0 Å². The zero-order valence-corrected chi connectivity index (χ0v) is 10.3. The molecule has 84 valence electrons. The smallest absolute Gasteiger partial charge is 0.147 e. The summed E-state index contributed by atoms with van der Waals surface area (Å²) in [5.41, 5.74) is -0.0496. The quantitative estimate of drug-likeness (QED) is 0.855. The minimum absolute atomic E-state index is 0.0496. The molecule has 0 bridgehead atoms. The summed E-state index contributed by atoms with van der Waals surface area (Å²) in [6.45, 7) is 5.14. The number of halogens is 1. The molecule has 4 nitrogen and oxygen atoms in total. The van der Waals surface area contributed by atoms with Gasteiger partial charge in [0.05, 0.1) is 12.4 Å². The van der Waals surface area contributed by atoms with Gasteiger partial charge in [-0.15, -0.1) is 0 Å². The van der Waals surface area contributed by atoms with Crippen LogP contribution in [0.25, 0.3) is 0 Å². The van der Waals surface area contributed by atoms with Gasteiger partial charge in [0, 0.05) is 12.1 Å². The van der Waals surface area contributed by atoms with Gasteiger partial charge in [0.25, 0.3) is 0 Å².